The van der Waals surface area contributed by atoms with Gasteiger partial charge in [-0.25, -0.2) is 0 Å². The van der Waals surface area contributed by atoms with Crippen LogP contribution in [-0.4, -0.2) is 5.97 Å². The highest BCUT2D eigenvalue weighted by Gasteiger charge is 2.06. The van der Waals surface area contributed by atoms with Gasteiger partial charge in [0.2, 0.25) is 0 Å². The first-order chi connectivity index (χ1) is 8.56. The molecular formula is C14H10Cl2O2. The molecule has 0 aromatic heterocycles. The van der Waals surface area contributed by atoms with Gasteiger partial charge in [-0.05, 0) is 29.8 Å². The Labute approximate surface area is 115 Å². The van der Waals surface area contributed by atoms with Gasteiger partial charge in [0.15, 0.2) is 0 Å². The SMILES string of the molecule is CC(=O)Oc1cccc(-c2ccc(Cl)cc2Cl)c1. The van der Waals surface area contributed by atoms with Crippen LogP contribution in [0.3, 0.4) is 0 Å². The molecule has 2 aromatic rings. The molecular weight excluding hydrogens is 271 g/mol. The lowest BCUT2D eigenvalue weighted by atomic mass is 10.1. The highest BCUT2D eigenvalue weighted by atomic mass is 35.5. The van der Waals surface area contributed by atoms with Gasteiger partial charge in [-0.1, -0.05) is 41.4 Å². The van der Waals surface area contributed by atoms with Crippen LogP contribution in [0.1, 0.15) is 6.92 Å². The van der Waals surface area contributed by atoms with Gasteiger partial charge < -0.3 is 4.74 Å². The van der Waals surface area contributed by atoms with Crippen LogP contribution in [0.25, 0.3) is 11.1 Å². The van der Waals surface area contributed by atoms with E-state index in [2.05, 4.69) is 0 Å². The van der Waals surface area contributed by atoms with Crippen molar-refractivity contribution in [2.45, 2.75) is 6.92 Å². The first-order valence-corrected chi connectivity index (χ1v) is 6.06. The lowest BCUT2D eigenvalue weighted by Gasteiger charge is -2.07. The zero-order chi connectivity index (χ0) is 13.1. The first-order valence-electron chi connectivity index (χ1n) is 5.30. The summed E-state index contributed by atoms with van der Waals surface area (Å²) in [6, 6.07) is 12.4. The molecule has 0 spiro atoms. The molecule has 2 rings (SSSR count). The molecule has 0 saturated heterocycles. The molecule has 92 valence electrons. The van der Waals surface area contributed by atoms with Crippen LogP contribution in [0.2, 0.25) is 10.0 Å². The summed E-state index contributed by atoms with van der Waals surface area (Å²) < 4.78 is 5.03. The molecule has 0 atom stereocenters. The third kappa shape index (κ3) is 3.03. The van der Waals surface area contributed by atoms with Gasteiger partial charge in [-0.2, -0.15) is 0 Å². The summed E-state index contributed by atoms with van der Waals surface area (Å²) in [5.41, 5.74) is 1.71. The Hall–Kier alpha value is -1.51. The van der Waals surface area contributed by atoms with Crippen LogP contribution in [0.4, 0.5) is 0 Å². The molecule has 0 aliphatic rings. The number of halogens is 2. The van der Waals surface area contributed by atoms with Crippen molar-refractivity contribution >= 4 is 29.2 Å². The molecule has 18 heavy (non-hydrogen) atoms. The fourth-order valence-corrected chi connectivity index (χ4v) is 2.13. The molecule has 2 nitrogen and oxygen atoms in total. The summed E-state index contributed by atoms with van der Waals surface area (Å²) in [5.74, 6) is 0.139. The molecule has 0 N–H and O–H groups in total. The van der Waals surface area contributed by atoms with E-state index in [-0.39, 0.29) is 5.97 Å². The monoisotopic (exact) mass is 280 g/mol. The average molecular weight is 281 g/mol. The van der Waals surface area contributed by atoms with Gasteiger partial charge in [0.25, 0.3) is 0 Å². The minimum atomic E-state index is -0.352. The predicted molar refractivity (Wildman–Crippen MR) is 73.2 cm³/mol. The Morgan fingerprint density at radius 2 is 1.89 bits per heavy atom. The van der Waals surface area contributed by atoms with E-state index in [9.17, 15) is 4.79 Å². The maximum atomic E-state index is 10.9. The second kappa shape index (κ2) is 5.42. The third-order valence-electron chi connectivity index (χ3n) is 2.34. The number of esters is 1. The smallest absolute Gasteiger partial charge is 0.308 e. The molecule has 0 bridgehead atoms. The number of hydrogen-bond acceptors (Lipinski definition) is 2. The van der Waals surface area contributed by atoms with Crippen LogP contribution in [0.15, 0.2) is 42.5 Å². The van der Waals surface area contributed by atoms with E-state index in [1.165, 1.54) is 6.92 Å². The maximum absolute atomic E-state index is 10.9. The van der Waals surface area contributed by atoms with Gasteiger partial charge in [0.1, 0.15) is 5.75 Å². The molecule has 0 unspecified atom stereocenters. The van der Waals surface area contributed by atoms with E-state index in [4.69, 9.17) is 27.9 Å². The Morgan fingerprint density at radius 1 is 1.11 bits per heavy atom. The highest BCUT2D eigenvalue weighted by molar-refractivity contribution is 6.36. The number of rotatable bonds is 2. The Morgan fingerprint density at radius 3 is 2.56 bits per heavy atom. The largest absolute Gasteiger partial charge is 0.427 e. The second-order valence-electron chi connectivity index (χ2n) is 3.75. The van der Waals surface area contributed by atoms with Crippen molar-refractivity contribution in [1.29, 1.82) is 0 Å². The van der Waals surface area contributed by atoms with E-state index in [0.717, 1.165) is 11.1 Å². The fourth-order valence-electron chi connectivity index (χ4n) is 1.62. The standard InChI is InChI=1S/C14H10Cl2O2/c1-9(17)18-12-4-2-3-10(7-12)13-6-5-11(15)8-14(13)16/h2-8H,1H3. The predicted octanol–water partition coefficient (Wildman–Crippen LogP) is 4.59. The summed E-state index contributed by atoms with van der Waals surface area (Å²) in [6.45, 7) is 1.36. The number of ether oxygens (including phenoxy) is 1. The van der Waals surface area contributed by atoms with E-state index in [1.54, 1.807) is 30.3 Å². The van der Waals surface area contributed by atoms with E-state index in [0.29, 0.717) is 15.8 Å². The number of carbonyl (C=O) groups is 1. The van der Waals surface area contributed by atoms with Crippen LogP contribution < -0.4 is 4.74 Å². The molecule has 2 aromatic carbocycles. The molecule has 0 heterocycles. The zero-order valence-electron chi connectivity index (χ0n) is 9.61. The molecule has 0 aliphatic heterocycles. The lowest BCUT2D eigenvalue weighted by molar-refractivity contribution is -0.131. The molecule has 0 radical (unpaired) electrons. The maximum Gasteiger partial charge on any atom is 0.308 e. The Bertz CT molecular complexity index is 594. The topological polar surface area (TPSA) is 26.3 Å². The van der Waals surface area contributed by atoms with Crippen molar-refractivity contribution in [3.05, 3.63) is 52.5 Å². The number of carbonyl (C=O) groups excluding carboxylic acids is 1. The van der Waals surface area contributed by atoms with Crippen molar-refractivity contribution < 1.29 is 9.53 Å². The second-order valence-corrected chi connectivity index (χ2v) is 4.59. The van der Waals surface area contributed by atoms with Gasteiger partial charge in [-0.15, -0.1) is 0 Å². The third-order valence-corrected chi connectivity index (χ3v) is 2.89. The molecule has 4 heteroatoms. The van der Waals surface area contributed by atoms with Crippen molar-refractivity contribution in [2.24, 2.45) is 0 Å². The molecule has 0 amide bonds. The van der Waals surface area contributed by atoms with Gasteiger partial charge >= 0.3 is 5.97 Å². The van der Waals surface area contributed by atoms with Crippen molar-refractivity contribution in [1.82, 2.24) is 0 Å². The van der Waals surface area contributed by atoms with Gasteiger partial charge in [0.05, 0.1) is 0 Å². The van der Waals surface area contributed by atoms with Gasteiger partial charge in [0, 0.05) is 22.5 Å². The van der Waals surface area contributed by atoms with Crippen LogP contribution in [-0.2, 0) is 4.79 Å². The quantitative estimate of drug-likeness (QED) is 0.594. The summed E-state index contributed by atoms with van der Waals surface area (Å²) in [6.07, 6.45) is 0. The fraction of sp³-hybridized carbons (Fsp3) is 0.0714. The Balaban J connectivity index is 2.41. The van der Waals surface area contributed by atoms with Crippen molar-refractivity contribution in [2.75, 3.05) is 0 Å². The summed E-state index contributed by atoms with van der Waals surface area (Å²) in [4.78, 5) is 10.9. The first kappa shape index (κ1) is 12.9. The zero-order valence-corrected chi connectivity index (χ0v) is 11.1. The Kier molecular flexibility index (Phi) is 3.90. The molecule has 0 fully saturated rings. The molecule has 0 aliphatic carbocycles. The van der Waals surface area contributed by atoms with E-state index < -0.39 is 0 Å². The minimum absolute atomic E-state index is 0.352. The van der Waals surface area contributed by atoms with Crippen molar-refractivity contribution in [3.8, 4) is 16.9 Å². The summed E-state index contributed by atoms with van der Waals surface area (Å²) in [7, 11) is 0. The number of hydrogen-bond donors (Lipinski definition) is 0. The van der Waals surface area contributed by atoms with Crippen LogP contribution >= 0.6 is 23.2 Å². The normalized spacial score (nSPS) is 10.2. The summed E-state index contributed by atoms with van der Waals surface area (Å²) in [5, 5.41) is 1.14. The van der Waals surface area contributed by atoms with E-state index >= 15 is 0 Å². The van der Waals surface area contributed by atoms with Crippen molar-refractivity contribution in [3.63, 3.8) is 0 Å². The molecule has 0 saturated carbocycles. The summed E-state index contributed by atoms with van der Waals surface area (Å²) >= 11 is 12.0. The highest BCUT2D eigenvalue weighted by Crippen LogP contribution is 2.32. The minimum Gasteiger partial charge on any atom is -0.427 e. The number of benzene rings is 2. The van der Waals surface area contributed by atoms with E-state index in [1.807, 2.05) is 12.1 Å². The van der Waals surface area contributed by atoms with Crippen LogP contribution in [0.5, 0.6) is 5.75 Å². The average Bonchev–Trinajstić information content (AvgIpc) is 2.28. The van der Waals surface area contributed by atoms with Crippen LogP contribution in [0, 0.1) is 0 Å². The lowest BCUT2D eigenvalue weighted by Crippen LogP contribution is -2.01. The van der Waals surface area contributed by atoms with Gasteiger partial charge in [-0.3, -0.25) is 4.79 Å².